The number of nitrogens with zero attached hydrogens (tertiary/aromatic N) is 4. The number of allylic oxidation sites excluding steroid dienone is 1. The quantitative estimate of drug-likeness (QED) is 0.149. The first kappa shape index (κ1) is 41.8. The van der Waals surface area contributed by atoms with Gasteiger partial charge in [0, 0.05) is 56.8 Å². The zero-order valence-electron chi connectivity index (χ0n) is 33.8. The summed E-state index contributed by atoms with van der Waals surface area (Å²) in [6.45, 7) is 13.2. The summed E-state index contributed by atoms with van der Waals surface area (Å²) in [5.74, 6) is 3.60. The van der Waals surface area contributed by atoms with Gasteiger partial charge in [-0.15, -0.1) is 0 Å². The number of hydrogen-bond donors (Lipinski definition) is 2. The van der Waals surface area contributed by atoms with Gasteiger partial charge in [0.2, 0.25) is 11.8 Å². The van der Waals surface area contributed by atoms with E-state index in [0.29, 0.717) is 57.0 Å². The molecule has 1 aromatic heterocycles. The van der Waals surface area contributed by atoms with Gasteiger partial charge in [0.1, 0.15) is 11.6 Å². The Morgan fingerprint density at radius 3 is 2.23 bits per heavy atom. The molecule has 3 heterocycles. The number of hydrogen-bond acceptors (Lipinski definition) is 9. The zero-order chi connectivity index (χ0) is 39.3. The third kappa shape index (κ3) is 11.8. The van der Waals surface area contributed by atoms with Crippen LogP contribution in [0.2, 0.25) is 0 Å². The van der Waals surface area contributed by atoms with Gasteiger partial charge >= 0.3 is 0 Å². The molecule has 0 spiro atoms. The van der Waals surface area contributed by atoms with Gasteiger partial charge in [-0.3, -0.25) is 14.4 Å². The Bertz CT molecular complexity index is 1620. The number of fused-ring (bicyclic) bond motifs is 1. The number of carbonyl (C=O) groups is 3. The van der Waals surface area contributed by atoms with Crippen molar-refractivity contribution in [3.63, 3.8) is 0 Å². The van der Waals surface area contributed by atoms with Crippen molar-refractivity contribution in [2.24, 2.45) is 17.8 Å². The van der Waals surface area contributed by atoms with Crippen molar-refractivity contribution in [2.75, 3.05) is 70.7 Å². The fourth-order valence-corrected chi connectivity index (χ4v) is 8.66. The molecule has 0 radical (unpaired) electrons. The second-order valence-electron chi connectivity index (χ2n) is 16.3. The van der Waals surface area contributed by atoms with Crippen LogP contribution >= 0.6 is 0 Å². The van der Waals surface area contributed by atoms with E-state index < -0.39 is 0 Å². The van der Waals surface area contributed by atoms with Crippen molar-refractivity contribution in [1.29, 1.82) is 0 Å². The summed E-state index contributed by atoms with van der Waals surface area (Å²) in [7, 11) is 0. The van der Waals surface area contributed by atoms with Crippen LogP contribution in [-0.2, 0) is 30.2 Å². The predicted molar refractivity (Wildman–Crippen MR) is 217 cm³/mol. The Morgan fingerprint density at radius 1 is 0.821 bits per heavy atom. The Kier molecular flexibility index (Phi) is 15.7. The highest BCUT2D eigenvalue weighted by Crippen LogP contribution is 2.39. The summed E-state index contributed by atoms with van der Waals surface area (Å²) < 4.78 is 17.1. The van der Waals surface area contributed by atoms with Crippen molar-refractivity contribution in [3.05, 3.63) is 59.6 Å². The molecule has 2 saturated heterocycles. The minimum atomic E-state index is -0.289. The summed E-state index contributed by atoms with van der Waals surface area (Å²) in [5.41, 5.74) is 3.40. The maximum atomic E-state index is 13.2. The van der Waals surface area contributed by atoms with E-state index >= 15 is 0 Å². The van der Waals surface area contributed by atoms with Gasteiger partial charge in [-0.1, -0.05) is 56.4 Å². The third-order valence-corrected chi connectivity index (χ3v) is 12.3. The van der Waals surface area contributed by atoms with E-state index in [9.17, 15) is 14.4 Å². The molecule has 4 atom stereocenters. The van der Waals surface area contributed by atoms with Crippen LogP contribution in [0.3, 0.4) is 0 Å². The Hall–Kier alpha value is -3.87. The van der Waals surface area contributed by atoms with Gasteiger partial charge in [-0.05, 0) is 81.4 Å². The molecule has 4 aliphatic rings. The first-order valence-electron chi connectivity index (χ1n) is 21.2. The maximum absolute atomic E-state index is 13.2. The first-order valence-corrected chi connectivity index (χ1v) is 21.2. The highest BCUT2D eigenvalue weighted by atomic mass is 16.5. The summed E-state index contributed by atoms with van der Waals surface area (Å²) >= 11 is 0. The summed E-state index contributed by atoms with van der Waals surface area (Å²) in [5, 5.41) is 5.90. The summed E-state index contributed by atoms with van der Waals surface area (Å²) in [4.78, 5) is 52.3. The lowest BCUT2D eigenvalue weighted by Gasteiger charge is -2.33. The maximum Gasteiger partial charge on any atom is 0.251 e. The molecule has 6 rings (SSSR count). The standard InChI is InChI=1S/C44H64N6O6/c1-31(2)33-13-15-36(16-14-33)44(53)46-32(3)38-28-41(50-21-18-35-8-4-5-11-39(35)50)48-40(47-38)12-7-22-54-24-26-56-27-25-55-23-19-42(51)45-29-43(52)49-20-17-37(30-49)34-9-6-10-34/h13-16,28,32,34-35,37,39H,1,4-12,17-27,29-30H2,2-3H3,(H,45,51)(H,46,53). The zero-order valence-corrected chi connectivity index (χ0v) is 33.8. The average Bonchev–Trinajstić information content (AvgIpc) is 3.85. The van der Waals surface area contributed by atoms with E-state index in [1.54, 1.807) is 0 Å². The fourth-order valence-electron chi connectivity index (χ4n) is 8.66. The van der Waals surface area contributed by atoms with Crippen LogP contribution in [0.1, 0.15) is 118 Å². The van der Waals surface area contributed by atoms with E-state index in [1.165, 1.54) is 51.4 Å². The molecule has 2 aliphatic carbocycles. The number of nitrogens with one attached hydrogen (secondary N) is 2. The van der Waals surface area contributed by atoms with Gasteiger partial charge in [0.25, 0.3) is 5.91 Å². The predicted octanol–water partition coefficient (Wildman–Crippen LogP) is 5.91. The van der Waals surface area contributed by atoms with E-state index in [4.69, 9.17) is 24.2 Å². The van der Waals surface area contributed by atoms with Crippen molar-refractivity contribution < 1.29 is 28.6 Å². The molecule has 1 aromatic carbocycles. The summed E-state index contributed by atoms with van der Waals surface area (Å²) in [6, 6.07) is 9.84. The number of aryl methyl sites for hydroxylation is 1. The molecule has 2 aliphatic heterocycles. The lowest BCUT2D eigenvalue weighted by atomic mass is 9.75. The molecular weight excluding hydrogens is 709 g/mol. The third-order valence-electron chi connectivity index (χ3n) is 12.3. The highest BCUT2D eigenvalue weighted by molar-refractivity contribution is 5.94. The average molecular weight is 773 g/mol. The Morgan fingerprint density at radius 2 is 1.50 bits per heavy atom. The SMILES string of the molecule is C=C(C)c1ccc(C(=O)NC(C)c2cc(N3CCC4CCCCC43)nc(CCCOCCOCCOCCC(=O)NCC(=O)N3CCC(C4CCC4)C3)n2)cc1. The lowest BCUT2D eigenvalue weighted by molar-refractivity contribution is -0.132. The molecule has 12 nitrogen and oxygen atoms in total. The smallest absolute Gasteiger partial charge is 0.251 e. The van der Waals surface area contributed by atoms with E-state index in [2.05, 4.69) is 28.2 Å². The molecule has 2 aromatic rings. The van der Waals surface area contributed by atoms with Crippen molar-refractivity contribution >= 4 is 29.1 Å². The minimum absolute atomic E-state index is 0.0114. The van der Waals surface area contributed by atoms with Gasteiger partial charge in [-0.25, -0.2) is 9.97 Å². The molecule has 4 unspecified atom stereocenters. The second-order valence-corrected chi connectivity index (χ2v) is 16.3. The van der Waals surface area contributed by atoms with Gasteiger partial charge in [-0.2, -0.15) is 0 Å². The molecule has 2 N–H and O–H groups in total. The van der Waals surface area contributed by atoms with E-state index in [0.717, 1.165) is 72.8 Å². The van der Waals surface area contributed by atoms with Gasteiger partial charge in [0.05, 0.1) is 51.3 Å². The normalized spacial score (nSPS) is 21.4. The largest absolute Gasteiger partial charge is 0.379 e. The van der Waals surface area contributed by atoms with E-state index in [-0.39, 0.29) is 43.3 Å². The van der Waals surface area contributed by atoms with Crippen molar-refractivity contribution in [2.45, 2.75) is 103 Å². The lowest BCUT2D eigenvalue weighted by Crippen LogP contribution is -2.39. The number of anilines is 1. The monoisotopic (exact) mass is 772 g/mol. The van der Waals surface area contributed by atoms with Crippen LogP contribution in [0.15, 0.2) is 36.9 Å². The number of amides is 3. The van der Waals surface area contributed by atoms with Crippen molar-refractivity contribution in [1.82, 2.24) is 25.5 Å². The number of rotatable bonds is 21. The minimum Gasteiger partial charge on any atom is -0.379 e. The Labute approximate surface area is 333 Å². The fraction of sp³-hybridized carbons (Fsp3) is 0.659. The molecule has 12 heteroatoms. The van der Waals surface area contributed by atoms with Crippen LogP contribution in [0.4, 0.5) is 5.82 Å². The van der Waals surface area contributed by atoms with Crippen molar-refractivity contribution in [3.8, 4) is 0 Å². The first-order chi connectivity index (χ1) is 27.2. The molecule has 306 valence electrons. The number of carbonyl (C=O) groups excluding carboxylic acids is 3. The van der Waals surface area contributed by atoms with Gasteiger partial charge in [0.15, 0.2) is 0 Å². The number of likely N-dealkylation sites (tertiary alicyclic amines) is 1. The highest BCUT2D eigenvalue weighted by Gasteiger charge is 2.37. The van der Waals surface area contributed by atoms with E-state index in [1.807, 2.05) is 43.0 Å². The molecule has 0 bridgehead atoms. The van der Waals surface area contributed by atoms with Crippen LogP contribution in [0.25, 0.3) is 5.57 Å². The molecule has 3 amide bonds. The van der Waals surface area contributed by atoms with Crippen LogP contribution in [0, 0.1) is 17.8 Å². The van der Waals surface area contributed by atoms with Crippen LogP contribution in [0.5, 0.6) is 0 Å². The second kappa shape index (κ2) is 21.0. The number of benzene rings is 1. The topological polar surface area (TPSA) is 135 Å². The Balaban J connectivity index is 0.860. The number of ether oxygens (including phenoxy) is 3. The van der Waals surface area contributed by atoms with Crippen LogP contribution in [-0.4, -0.2) is 104 Å². The van der Waals surface area contributed by atoms with Gasteiger partial charge < -0.3 is 34.6 Å². The molecular formula is C44H64N6O6. The molecule has 2 saturated carbocycles. The number of aromatic nitrogens is 2. The summed E-state index contributed by atoms with van der Waals surface area (Å²) in [6.07, 6.45) is 12.9. The molecule has 4 fully saturated rings. The molecule has 56 heavy (non-hydrogen) atoms. The van der Waals surface area contributed by atoms with Crippen LogP contribution < -0.4 is 15.5 Å².